The van der Waals surface area contributed by atoms with Crippen LogP contribution in [0.1, 0.15) is 18.4 Å². The molecule has 1 aromatic carbocycles. The second-order valence-corrected chi connectivity index (χ2v) is 3.96. The number of carbonyl (C=O) groups is 1. The van der Waals surface area contributed by atoms with Crippen molar-refractivity contribution in [3.8, 4) is 11.5 Å². The minimum absolute atomic E-state index is 0.0672. The van der Waals surface area contributed by atoms with Crippen LogP contribution in [0.3, 0.4) is 0 Å². The van der Waals surface area contributed by atoms with E-state index in [2.05, 4.69) is 0 Å². The van der Waals surface area contributed by atoms with Crippen LogP contribution in [0, 0.1) is 0 Å². The molecular weight excluding hydrogens is 258 g/mol. The summed E-state index contributed by atoms with van der Waals surface area (Å²) in [4.78, 5) is 11.2. The lowest BCUT2D eigenvalue weighted by Crippen LogP contribution is -2.22. The first kappa shape index (κ1) is 14.6. The van der Waals surface area contributed by atoms with Gasteiger partial charge < -0.3 is 20.3 Å². The molecule has 0 aromatic heterocycles. The highest BCUT2D eigenvalue weighted by Crippen LogP contribution is 2.40. The highest BCUT2D eigenvalue weighted by atomic mass is 35.5. The van der Waals surface area contributed by atoms with Gasteiger partial charge in [-0.3, -0.25) is 4.79 Å². The van der Waals surface area contributed by atoms with Crippen LogP contribution in [0.15, 0.2) is 12.1 Å². The van der Waals surface area contributed by atoms with Crippen LogP contribution in [0.25, 0.3) is 0 Å². The number of hydrogen-bond donors (Lipinski definition) is 2. The summed E-state index contributed by atoms with van der Waals surface area (Å²) in [7, 11) is 1.48. The number of benzene rings is 1. The van der Waals surface area contributed by atoms with Crippen molar-refractivity contribution in [2.75, 3.05) is 20.3 Å². The van der Waals surface area contributed by atoms with Gasteiger partial charge in [0.15, 0.2) is 11.5 Å². The smallest absolute Gasteiger partial charge is 0.312 e. The second-order valence-electron chi connectivity index (χ2n) is 3.55. The Morgan fingerprint density at radius 2 is 2.22 bits per heavy atom. The molecule has 6 heteroatoms. The maximum absolute atomic E-state index is 11.2. The fourth-order valence-corrected chi connectivity index (χ4v) is 1.96. The number of rotatable bonds is 6. The van der Waals surface area contributed by atoms with Gasteiger partial charge in [0, 0.05) is 17.1 Å². The highest BCUT2D eigenvalue weighted by Gasteiger charge is 2.27. The minimum atomic E-state index is -1.05. The van der Waals surface area contributed by atoms with Gasteiger partial charge in [0.25, 0.3) is 0 Å². The molecule has 1 aromatic rings. The van der Waals surface area contributed by atoms with Crippen molar-refractivity contribution < 1.29 is 19.4 Å². The molecule has 18 heavy (non-hydrogen) atoms. The summed E-state index contributed by atoms with van der Waals surface area (Å²) in [6.07, 6.45) is 0. The molecule has 0 fully saturated rings. The van der Waals surface area contributed by atoms with E-state index in [9.17, 15) is 9.90 Å². The van der Waals surface area contributed by atoms with Gasteiger partial charge in [-0.05, 0) is 19.1 Å². The van der Waals surface area contributed by atoms with Crippen molar-refractivity contribution >= 4 is 17.6 Å². The monoisotopic (exact) mass is 273 g/mol. The van der Waals surface area contributed by atoms with Crippen molar-refractivity contribution in [2.24, 2.45) is 5.73 Å². The van der Waals surface area contributed by atoms with Gasteiger partial charge in [-0.25, -0.2) is 0 Å². The lowest BCUT2D eigenvalue weighted by molar-refractivity contribution is -0.138. The van der Waals surface area contributed by atoms with E-state index in [1.165, 1.54) is 7.11 Å². The maximum Gasteiger partial charge on any atom is 0.312 e. The van der Waals surface area contributed by atoms with Gasteiger partial charge in [-0.15, -0.1) is 0 Å². The molecule has 0 amide bonds. The number of nitrogens with two attached hydrogens (primary N) is 1. The Morgan fingerprint density at radius 3 is 2.67 bits per heavy atom. The lowest BCUT2D eigenvalue weighted by Gasteiger charge is -2.19. The zero-order valence-corrected chi connectivity index (χ0v) is 11.0. The quantitative estimate of drug-likeness (QED) is 0.827. The van der Waals surface area contributed by atoms with E-state index in [-0.39, 0.29) is 6.54 Å². The van der Waals surface area contributed by atoms with Gasteiger partial charge in [-0.2, -0.15) is 0 Å². The Bertz CT molecular complexity index is 436. The topological polar surface area (TPSA) is 81.8 Å². The third-order valence-corrected chi connectivity index (χ3v) is 2.83. The number of halogens is 1. The molecule has 1 atom stereocenters. The number of aliphatic carboxylic acids is 1. The molecule has 0 aliphatic heterocycles. The number of methoxy groups -OCH3 is 1. The summed E-state index contributed by atoms with van der Waals surface area (Å²) in [6, 6.07) is 3.20. The summed E-state index contributed by atoms with van der Waals surface area (Å²) in [5.41, 5.74) is 5.85. The van der Waals surface area contributed by atoms with Crippen molar-refractivity contribution in [1.29, 1.82) is 0 Å². The van der Waals surface area contributed by atoms with E-state index in [0.29, 0.717) is 28.7 Å². The third-order valence-electron chi connectivity index (χ3n) is 2.50. The average Bonchev–Trinajstić information content (AvgIpc) is 2.33. The predicted molar refractivity (Wildman–Crippen MR) is 68.6 cm³/mol. The molecule has 1 rings (SSSR count). The number of carboxylic acid groups (broad SMARTS) is 1. The fourth-order valence-electron chi connectivity index (χ4n) is 1.68. The molecule has 0 saturated heterocycles. The first-order valence-electron chi connectivity index (χ1n) is 5.48. The highest BCUT2D eigenvalue weighted by molar-refractivity contribution is 6.32. The molecule has 5 nitrogen and oxygen atoms in total. The van der Waals surface area contributed by atoms with Gasteiger partial charge in [0.1, 0.15) is 0 Å². The summed E-state index contributed by atoms with van der Waals surface area (Å²) < 4.78 is 10.6. The van der Waals surface area contributed by atoms with Crippen molar-refractivity contribution in [3.05, 3.63) is 22.7 Å². The summed E-state index contributed by atoms with van der Waals surface area (Å²) in [5.74, 6) is -1.19. The molecule has 0 aliphatic carbocycles. The van der Waals surface area contributed by atoms with Gasteiger partial charge in [-0.1, -0.05) is 11.6 Å². The minimum Gasteiger partial charge on any atom is -0.493 e. The molecule has 0 saturated carbocycles. The van der Waals surface area contributed by atoms with Crippen molar-refractivity contribution in [2.45, 2.75) is 12.8 Å². The SMILES string of the molecule is CCOc1c(OC)ccc(Cl)c1C(CN)C(=O)O. The van der Waals surface area contributed by atoms with E-state index in [4.69, 9.17) is 26.8 Å². The zero-order chi connectivity index (χ0) is 13.7. The normalized spacial score (nSPS) is 12.0. The van der Waals surface area contributed by atoms with Crippen LogP contribution < -0.4 is 15.2 Å². The van der Waals surface area contributed by atoms with Crippen LogP contribution in [-0.4, -0.2) is 31.3 Å². The van der Waals surface area contributed by atoms with Crippen LogP contribution in [0.4, 0.5) is 0 Å². The number of carboxylic acids is 1. The van der Waals surface area contributed by atoms with E-state index < -0.39 is 11.9 Å². The van der Waals surface area contributed by atoms with Gasteiger partial charge in [0.2, 0.25) is 0 Å². The Labute approximate surface area is 110 Å². The molecule has 1 unspecified atom stereocenters. The standard InChI is InChI=1S/C12H16ClNO4/c1-3-18-11-9(17-2)5-4-8(13)10(11)7(6-14)12(15)16/h4-5,7H,3,6,14H2,1-2H3,(H,15,16). The first-order valence-corrected chi connectivity index (χ1v) is 5.86. The summed E-state index contributed by atoms with van der Waals surface area (Å²) >= 11 is 6.06. The van der Waals surface area contributed by atoms with Crippen LogP contribution in [-0.2, 0) is 4.79 Å². The Morgan fingerprint density at radius 1 is 1.56 bits per heavy atom. The van der Waals surface area contributed by atoms with E-state index in [1.807, 2.05) is 0 Å². The molecule has 0 heterocycles. The molecule has 3 N–H and O–H groups in total. The largest absolute Gasteiger partial charge is 0.493 e. The molecular formula is C12H16ClNO4. The Balaban J connectivity index is 3.42. The summed E-state index contributed by atoms with van der Waals surface area (Å²) in [5, 5.41) is 9.48. The van der Waals surface area contributed by atoms with E-state index >= 15 is 0 Å². The van der Waals surface area contributed by atoms with Crippen molar-refractivity contribution in [1.82, 2.24) is 0 Å². The van der Waals surface area contributed by atoms with Gasteiger partial charge in [0.05, 0.1) is 19.6 Å². The second kappa shape index (κ2) is 6.47. The fraction of sp³-hybridized carbons (Fsp3) is 0.417. The average molecular weight is 274 g/mol. The van der Waals surface area contributed by atoms with Crippen LogP contribution in [0.2, 0.25) is 5.02 Å². The van der Waals surface area contributed by atoms with E-state index in [1.54, 1.807) is 19.1 Å². The van der Waals surface area contributed by atoms with Crippen molar-refractivity contribution in [3.63, 3.8) is 0 Å². The third kappa shape index (κ3) is 2.86. The Kier molecular flexibility index (Phi) is 5.25. The molecule has 0 radical (unpaired) electrons. The van der Waals surface area contributed by atoms with Crippen LogP contribution >= 0.6 is 11.6 Å². The first-order chi connectivity index (χ1) is 8.56. The maximum atomic E-state index is 11.2. The Hall–Kier alpha value is -1.46. The molecule has 0 bridgehead atoms. The summed E-state index contributed by atoms with van der Waals surface area (Å²) in [6.45, 7) is 2.10. The van der Waals surface area contributed by atoms with Gasteiger partial charge >= 0.3 is 5.97 Å². The van der Waals surface area contributed by atoms with Crippen LogP contribution in [0.5, 0.6) is 11.5 Å². The molecule has 100 valence electrons. The molecule has 0 spiro atoms. The number of ether oxygens (including phenoxy) is 2. The molecule has 0 aliphatic rings. The zero-order valence-electron chi connectivity index (χ0n) is 10.3. The lowest BCUT2D eigenvalue weighted by atomic mass is 9.97. The predicted octanol–water partition coefficient (Wildman–Crippen LogP) is 1.87. The number of hydrogen-bond acceptors (Lipinski definition) is 4. The van der Waals surface area contributed by atoms with E-state index in [0.717, 1.165) is 0 Å².